The van der Waals surface area contributed by atoms with E-state index in [0.29, 0.717) is 18.5 Å². The fourth-order valence-corrected chi connectivity index (χ4v) is 5.78. The molecule has 0 unspecified atom stereocenters. The van der Waals surface area contributed by atoms with Crippen molar-refractivity contribution in [3.8, 4) is 0 Å². The number of nitrogens with zero attached hydrogens (tertiary/aromatic N) is 2. The van der Waals surface area contributed by atoms with Crippen LogP contribution >= 0.6 is 22.6 Å². The van der Waals surface area contributed by atoms with Gasteiger partial charge in [-0.2, -0.15) is 0 Å². The fraction of sp³-hybridized carbons (Fsp3) is 0.464. The number of hydrogen-bond acceptors (Lipinski definition) is 3. The highest BCUT2D eigenvalue weighted by atomic mass is 127. The second kappa shape index (κ2) is 10.3. The number of carbonyl (C=O) groups is 3. The number of para-hydroxylation sites is 1. The zero-order valence-corrected chi connectivity index (χ0v) is 23.1. The summed E-state index contributed by atoms with van der Waals surface area (Å²) >= 11 is 2.23. The summed E-state index contributed by atoms with van der Waals surface area (Å²) in [6.07, 6.45) is 4.07. The number of anilines is 2. The number of halogens is 1. The third-order valence-electron chi connectivity index (χ3n) is 7.20. The Morgan fingerprint density at radius 3 is 2.06 bits per heavy atom. The van der Waals surface area contributed by atoms with E-state index in [1.807, 2.05) is 42.5 Å². The van der Waals surface area contributed by atoms with Crippen LogP contribution in [-0.4, -0.2) is 34.8 Å². The predicted octanol–water partition coefficient (Wildman–Crippen LogP) is 6.65. The maximum atomic E-state index is 13.8. The third-order valence-corrected chi connectivity index (χ3v) is 7.92. The van der Waals surface area contributed by atoms with Gasteiger partial charge in [-0.05, 0) is 82.7 Å². The molecule has 1 spiro atoms. The number of rotatable bonds is 6. The van der Waals surface area contributed by atoms with Gasteiger partial charge in [0.15, 0.2) is 0 Å². The molecule has 4 rings (SSSR count). The molecule has 2 aromatic rings. The summed E-state index contributed by atoms with van der Waals surface area (Å²) in [5.74, 6) is -0.156. The van der Waals surface area contributed by atoms with Gasteiger partial charge in [0, 0.05) is 14.9 Å². The minimum Gasteiger partial charge on any atom is -0.324 e. The molecule has 1 heterocycles. The Morgan fingerprint density at radius 2 is 1.51 bits per heavy atom. The molecule has 0 aromatic heterocycles. The molecule has 1 saturated carbocycles. The quantitative estimate of drug-likeness (QED) is 0.304. The van der Waals surface area contributed by atoms with Gasteiger partial charge in [-0.15, -0.1) is 0 Å². The lowest BCUT2D eigenvalue weighted by molar-refractivity contribution is -0.134. The number of urea groups is 1. The SMILES string of the molecule is CC(C)c1cccc(C(C)C)c1NC(=O)CN1C(=O)N(c2ccc(I)cc2)C2(CCCCC2)C1=O. The highest BCUT2D eigenvalue weighted by molar-refractivity contribution is 14.1. The molecule has 1 saturated heterocycles. The molecular formula is C28H34IN3O3. The lowest BCUT2D eigenvalue weighted by Gasteiger charge is -2.38. The molecule has 1 N–H and O–H groups in total. The smallest absolute Gasteiger partial charge is 0.324 e. The Kier molecular flexibility index (Phi) is 7.54. The van der Waals surface area contributed by atoms with Gasteiger partial charge < -0.3 is 5.32 Å². The van der Waals surface area contributed by atoms with E-state index >= 15 is 0 Å². The van der Waals surface area contributed by atoms with Crippen LogP contribution in [0.1, 0.15) is 82.8 Å². The van der Waals surface area contributed by atoms with Gasteiger partial charge in [0.2, 0.25) is 5.91 Å². The van der Waals surface area contributed by atoms with Crippen LogP contribution in [0.2, 0.25) is 0 Å². The minimum absolute atomic E-state index is 0.223. The molecule has 35 heavy (non-hydrogen) atoms. The van der Waals surface area contributed by atoms with Crippen LogP contribution in [-0.2, 0) is 9.59 Å². The Bertz CT molecular complexity index is 1090. The van der Waals surface area contributed by atoms with Crippen LogP contribution in [0.5, 0.6) is 0 Å². The first-order valence-corrected chi connectivity index (χ1v) is 13.6. The van der Waals surface area contributed by atoms with E-state index in [-0.39, 0.29) is 30.2 Å². The molecule has 1 aliphatic carbocycles. The zero-order valence-electron chi connectivity index (χ0n) is 20.9. The van der Waals surface area contributed by atoms with Gasteiger partial charge in [0.1, 0.15) is 12.1 Å². The number of imide groups is 1. The van der Waals surface area contributed by atoms with Crippen LogP contribution in [0.3, 0.4) is 0 Å². The average molecular weight is 588 g/mol. The molecule has 4 amide bonds. The molecule has 186 valence electrons. The Hall–Kier alpha value is -2.42. The summed E-state index contributed by atoms with van der Waals surface area (Å²) in [4.78, 5) is 43.5. The largest absolute Gasteiger partial charge is 0.332 e. The van der Waals surface area contributed by atoms with Crippen molar-refractivity contribution in [3.63, 3.8) is 0 Å². The second-order valence-corrected chi connectivity index (χ2v) is 11.5. The average Bonchev–Trinajstić information content (AvgIpc) is 3.01. The Balaban J connectivity index is 1.64. The molecule has 2 aliphatic rings. The summed E-state index contributed by atoms with van der Waals surface area (Å²) < 4.78 is 1.06. The van der Waals surface area contributed by atoms with Crippen LogP contribution in [0.25, 0.3) is 0 Å². The van der Waals surface area contributed by atoms with E-state index in [1.165, 1.54) is 0 Å². The molecule has 0 radical (unpaired) electrons. The van der Waals surface area contributed by atoms with Gasteiger partial charge in [0.25, 0.3) is 5.91 Å². The molecule has 0 bridgehead atoms. The van der Waals surface area contributed by atoms with Gasteiger partial charge >= 0.3 is 6.03 Å². The maximum Gasteiger partial charge on any atom is 0.332 e. The van der Waals surface area contributed by atoms with Crippen molar-refractivity contribution in [1.82, 2.24) is 4.90 Å². The zero-order chi connectivity index (χ0) is 25.3. The Labute approximate surface area is 221 Å². The van der Waals surface area contributed by atoms with Crippen molar-refractivity contribution in [2.45, 2.75) is 77.2 Å². The van der Waals surface area contributed by atoms with Crippen LogP contribution < -0.4 is 10.2 Å². The number of amides is 4. The molecule has 2 fully saturated rings. The van der Waals surface area contributed by atoms with Gasteiger partial charge in [-0.25, -0.2) is 4.79 Å². The van der Waals surface area contributed by atoms with Crippen LogP contribution in [0.15, 0.2) is 42.5 Å². The van der Waals surface area contributed by atoms with Crippen molar-refractivity contribution >= 4 is 51.8 Å². The molecule has 7 heteroatoms. The summed E-state index contributed by atoms with van der Waals surface area (Å²) in [6, 6.07) is 13.3. The van der Waals surface area contributed by atoms with Crippen molar-refractivity contribution < 1.29 is 14.4 Å². The number of nitrogens with one attached hydrogen (secondary N) is 1. The summed E-state index contributed by atoms with van der Waals surface area (Å²) in [5, 5.41) is 3.06. The van der Waals surface area contributed by atoms with Gasteiger partial charge in [-0.1, -0.05) is 65.2 Å². The summed E-state index contributed by atoms with van der Waals surface area (Å²) in [7, 11) is 0. The molecule has 2 aromatic carbocycles. The highest BCUT2D eigenvalue weighted by Gasteiger charge is 2.58. The topological polar surface area (TPSA) is 69.7 Å². The van der Waals surface area contributed by atoms with E-state index in [2.05, 4.69) is 55.6 Å². The standard InChI is InChI=1S/C28H34IN3O3/c1-18(2)22-9-8-10-23(19(3)4)25(22)30-24(33)17-31-26(34)28(15-6-5-7-16-28)32(27(31)35)21-13-11-20(29)12-14-21/h8-14,18-19H,5-7,15-17H2,1-4H3,(H,30,33). The second-order valence-electron chi connectivity index (χ2n) is 10.2. The third kappa shape index (κ3) is 4.84. The monoisotopic (exact) mass is 587 g/mol. The lowest BCUT2D eigenvalue weighted by Crippen LogP contribution is -2.51. The number of carbonyl (C=O) groups excluding carboxylic acids is 3. The van der Waals surface area contributed by atoms with Gasteiger partial charge in [0.05, 0.1) is 0 Å². The Morgan fingerprint density at radius 1 is 0.943 bits per heavy atom. The summed E-state index contributed by atoms with van der Waals surface area (Å²) in [6.45, 7) is 8.08. The lowest BCUT2D eigenvalue weighted by atomic mass is 9.80. The first kappa shape index (κ1) is 25.7. The highest BCUT2D eigenvalue weighted by Crippen LogP contribution is 2.43. The molecule has 6 nitrogen and oxygen atoms in total. The van der Waals surface area contributed by atoms with Crippen LogP contribution in [0.4, 0.5) is 16.2 Å². The molecule has 0 atom stereocenters. The van der Waals surface area contributed by atoms with Crippen molar-refractivity contribution in [2.24, 2.45) is 0 Å². The van der Waals surface area contributed by atoms with E-state index in [1.54, 1.807) is 4.90 Å². The van der Waals surface area contributed by atoms with Crippen molar-refractivity contribution in [2.75, 3.05) is 16.8 Å². The first-order valence-electron chi connectivity index (χ1n) is 12.5. The van der Waals surface area contributed by atoms with Crippen LogP contribution in [0, 0.1) is 3.57 Å². The molecular weight excluding hydrogens is 553 g/mol. The first-order chi connectivity index (χ1) is 16.7. The normalized spacial score (nSPS) is 17.7. The van der Waals surface area contributed by atoms with Crippen molar-refractivity contribution in [3.05, 3.63) is 57.2 Å². The maximum absolute atomic E-state index is 13.8. The van der Waals surface area contributed by atoms with E-state index < -0.39 is 11.6 Å². The summed E-state index contributed by atoms with van der Waals surface area (Å²) in [5.41, 5.74) is 2.70. The van der Waals surface area contributed by atoms with Crippen molar-refractivity contribution in [1.29, 1.82) is 0 Å². The number of benzene rings is 2. The van der Waals surface area contributed by atoms with E-state index in [9.17, 15) is 14.4 Å². The number of hydrogen-bond donors (Lipinski definition) is 1. The molecule has 1 aliphatic heterocycles. The van der Waals surface area contributed by atoms with E-state index in [4.69, 9.17) is 0 Å². The minimum atomic E-state index is -0.901. The predicted molar refractivity (Wildman–Crippen MR) is 148 cm³/mol. The van der Waals surface area contributed by atoms with Gasteiger partial charge in [-0.3, -0.25) is 19.4 Å². The fourth-order valence-electron chi connectivity index (χ4n) is 5.42. The van der Waals surface area contributed by atoms with E-state index in [0.717, 1.165) is 44.5 Å².